The maximum atomic E-state index is 13.5. The number of hydrogen-bond acceptors (Lipinski definition) is 5. The van der Waals surface area contributed by atoms with Gasteiger partial charge in [-0.1, -0.05) is 12.6 Å². The van der Waals surface area contributed by atoms with E-state index < -0.39 is 0 Å². The standard InChI is InChI=1S/C20H24FN5O/c1-13(25-7-3-6-16(25)10-22)18(23)12-24-11-17-9-19(24)20(27)26(17)15-5-2-4-14(21)8-15/h2,4-5,8,16-19H,1,3,6-7,9,11-12,23H2/t16?,17-,18-,19-/m0/s1. The Morgan fingerprint density at radius 2 is 2.30 bits per heavy atom. The summed E-state index contributed by atoms with van der Waals surface area (Å²) in [4.78, 5) is 18.7. The van der Waals surface area contributed by atoms with Gasteiger partial charge in [0.05, 0.1) is 24.2 Å². The molecule has 142 valence electrons. The molecule has 3 saturated heterocycles. The Kier molecular flexibility index (Phi) is 4.62. The lowest BCUT2D eigenvalue weighted by Crippen LogP contribution is -2.54. The average molecular weight is 369 g/mol. The summed E-state index contributed by atoms with van der Waals surface area (Å²) in [5.41, 5.74) is 7.76. The molecule has 6 nitrogen and oxygen atoms in total. The molecule has 0 radical (unpaired) electrons. The molecule has 0 aromatic heterocycles. The monoisotopic (exact) mass is 369 g/mol. The van der Waals surface area contributed by atoms with Gasteiger partial charge < -0.3 is 15.5 Å². The van der Waals surface area contributed by atoms with Crippen LogP contribution in [0.4, 0.5) is 10.1 Å². The molecular formula is C20H24FN5O. The van der Waals surface area contributed by atoms with Crippen molar-refractivity contribution < 1.29 is 9.18 Å². The SMILES string of the molecule is C=C([C@@H](N)CN1C[C@@H]2C[C@H]1C(=O)N2c1cccc(F)c1)N1CCCC1C#N. The van der Waals surface area contributed by atoms with Gasteiger partial charge in [0.1, 0.15) is 11.9 Å². The van der Waals surface area contributed by atoms with Gasteiger partial charge in [-0.05, 0) is 37.5 Å². The van der Waals surface area contributed by atoms with Crippen molar-refractivity contribution >= 4 is 11.6 Å². The molecule has 4 rings (SSSR count). The second kappa shape index (κ2) is 6.95. The largest absolute Gasteiger partial charge is 0.358 e. The Morgan fingerprint density at radius 3 is 3.00 bits per heavy atom. The second-order valence-corrected chi connectivity index (χ2v) is 7.63. The second-order valence-electron chi connectivity index (χ2n) is 7.63. The first-order chi connectivity index (χ1) is 13.0. The summed E-state index contributed by atoms with van der Waals surface area (Å²) in [5, 5.41) is 9.27. The molecule has 1 amide bonds. The van der Waals surface area contributed by atoms with Crippen LogP contribution in [0.2, 0.25) is 0 Å². The molecule has 2 N–H and O–H groups in total. The number of carbonyl (C=O) groups is 1. The fourth-order valence-corrected chi connectivity index (χ4v) is 4.65. The summed E-state index contributed by atoms with van der Waals surface area (Å²) in [6.45, 7) is 6.18. The van der Waals surface area contributed by atoms with Crippen molar-refractivity contribution in [1.82, 2.24) is 9.80 Å². The van der Waals surface area contributed by atoms with Crippen LogP contribution in [0.1, 0.15) is 19.3 Å². The van der Waals surface area contributed by atoms with Gasteiger partial charge in [-0.15, -0.1) is 0 Å². The van der Waals surface area contributed by atoms with Gasteiger partial charge in [-0.2, -0.15) is 5.26 Å². The Hall–Kier alpha value is -2.43. The van der Waals surface area contributed by atoms with Crippen molar-refractivity contribution in [3.63, 3.8) is 0 Å². The van der Waals surface area contributed by atoms with E-state index in [0.29, 0.717) is 12.2 Å². The summed E-state index contributed by atoms with van der Waals surface area (Å²) < 4.78 is 13.5. The number of likely N-dealkylation sites (tertiary alicyclic amines) is 2. The number of rotatable bonds is 5. The molecule has 1 aromatic carbocycles. The summed E-state index contributed by atoms with van der Waals surface area (Å²) in [6, 6.07) is 7.87. The van der Waals surface area contributed by atoms with Crippen molar-refractivity contribution in [1.29, 1.82) is 5.26 Å². The van der Waals surface area contributed by atoms with Gasteiger partial charge in [0.2, 0.25) is 5.91 Å². The van der Waals surface area contributed by atoms with Gasteiger partial charge in [-0.3, -0.25) is 9.69 Å². The van der Waals surface area contributed by atoms with Crippen LogP contribution >= 0.6 is 0 Å². The number of piperazine rings is 1. The molecule has 0 aliphatic carbocycles. The third kappa shape index (κ3) is 3.09. The number of benzene rings is 1. The molecule has 3 fully saturated rings. The molecule has 27 heavy (non-hydrogen) atoms. The highest BCUT2D eigenvalue weighted by molar-refractivity contribution is 6.01. The lowest BCUT2D eigenvalue weighted by molar-refractivity contribution is -0.122. The smallest absolute Gasteiger partial charge is 0.244 e. The van der Waals surface area contributed by atoms with Crippen LogP contribution in [0.15, 0.2) is 36.5 Å². The molecule has 2 bridgehead atoms. The Morgan fingerprint density at radius 1 is 1.48 bits per heavy atom. The number of nitrogens with two attached hydrogens (primary N) is 1. The fraction of sp³-hybridized carbons (Fsp3) is 0.500. The number of fused-ring (bicyclic) bond motifs is 2. The van der Waals surface area contributed by atoms with Crippen LogP contribution in [-0.2, 0) is 4.79 Å². The van der Waals surface area contributed by atoms with E-state index in [4.69, 9.17) is 5.73 Å². The van der Waals surface area contributed by atoms with Crippen LogP contribution in [0, 0.1) is 17.1 Å². The van der Waals surface area contributed by atoms with E-state index >= 15 is 0 Å². The maximum Gasteiger partial charge on any atom is 0.244 e. The molecular weight excluding hydrogens is 345 g/mol. The number of halogens is 1. The first kappa shape index (κ1) is 18.0. The minimum atomic E-state index is -0.337. The first-order valence-corrected chi connectivity index (χ1v) is 9.43. The van der Waals surface area contributed by atoms with Crippen molar-refractivity contribution in [2.24, 2.45) is 5.73 Å². The third-order valence-electron chi connectivity index (χ3n) is 5.99. The topological polar surface area (TPSA) is 76.6 Å². The van der Waals surface area contributed by atoms with Crippen LogP contribution in [0.5, 0.6) is 0 Å². The number of nitrogens with zero attached hydrogens (tertiary/aromatic N) is 4. The highest BCUT2D eigenvalue weighted by atomic mass is 19.1. The molecule has 0 saturated carbocycles. The van der Waals surface area contributed by atoms with E-state index in [-0.39, 0.29) is 35.9 Å². The van der Waals surface area contributed by atoms with E-state index in [0.717, 1.165) is 38.0 Å². The quantitative estimate of drug-likeness (QED) is 0.850. The molecule has 7 heteroatoms. The van der Waals surface area contributed by atoms with Crippen LogP contribution in [0.3, 0.4) is 0 Å². The zero-order chi connectivity index (χ0) is 19.1. The van der Waals surface area contributed by atoms with Gasteiger partial charge in [0.25, 0.3) is 0 Å². The molecule has 3 aliphatic heterocycles. The lowest BCUT2D eigenvalue weighted by Gasteiger charge is -2.36. The molecule has 3 aliphatic rings. The molecule has 1 aromatic rings. The predicted octanol–water partition coefficient (Wildman–Crippen LogP) is 1.44. The van der Waals surface area contributed by atoms with Crippen molar-refractivity contribution in [2.75, 3.05) is 24.5 Å². The van der Waals surface area contributed by atoms with Crippen LogP contribution in [0.25, 0.3) is 0 Å². The summed E-state index contributed by atoms with van der Waals surface area (Å²) in [6.07, 6.45) is 2.55. The Balaban J connectivity index is 1.41. The lowest BCUT2D eigenvalue weighted by atomic mass is 10.1. The minimum Gasteiger partial charge on any atom is -0.358 e. The molecule has 4 atom stereocenters. The van der Waals surface area contributed by atoms with E-state index in [1.807, 2.05) is 4.90 Å². The zero-order valence-corrected chi connectivity index (χ0v) is 15.2. The Bertz CT molecular complexity index is 806. The van der Waals surface area contributed by atoms with Gasteiger partial charge >= 0.3 is 0 Å². The first-order valence-electron chi connectivity index (χ1n) is 9.43. The predicted molar refractivity (Wildman–Crippen MR) is 100 cm³/mol. The summed E-state index contributed by atoms with van der Waals surface area (Å²) in [5.74, 6) is -0.332. The van der Waals surface area contributed by atoms with E-state index in [2.05, 4.69) is 17.5 Å². The highest BCUT2D eigenvalue weighted by Crippen LogP contribution is 2.36. The summed E-state index contributed by atoms with van der Waals surface area (Å²) in [7, 11) is 0. The fourth-order valence-electron chi connectivity index (χ4n) is 4.65. The number of anilines is 1. The van der Waals surface area contributed by atoms with Gasteiger partial charge in [0, 0.05) is 31.0 Å². The van der Waals surface area contributed by atoms with E-state index in [9.17, 15) is 14.4 Å². The van der Waals surface area contributed by atoms with E-state index in [1.54, 1.807) is 17.0 Å². The van der Waals surface area contributed by atoms with Crippen LogP contribution in [-0.4, -0.2) is 59.5 Å². The average Bonchev–Trinajstić information content (AvgIpc) is 3.35. The van der Waals surface area contributed by atoms with Crippen molar-refractivity contribution in [3.8, 4) is 6.07 Å². The van der Waals surface area contributed by atoms with Crippen molar-refractivity contribution in [3.05, 3.63) is 42.4 Å². The van der Waals surface area contributed by atoms with E-state index in [1.165, 1.54) is 12.1 Å². The molecule has 0 spiro atoms. The van der Waals surface area contributed by atoms with Crippen LogP contribution < -0.4 is 10.6 Å². The van der Waals surface area contributed by atoms with Gasteiger partial charge in [-0.25, -0.2) is 4.39 Å². The van der Waals surface area contributed by atoms with Crippen molar-refractivity contribution in [2.45, 2.75) is 43.4 Å². The molecule has 3 heterocycles. The third-order valence-corrected chi connectivity index (χ3v) is 5.99. The number of carbonyl (C=O) groups excluding carboxylic acids is 1. The number of nitriles is 1. The maximum absolute atomic E-state index is 13.5. The Labute approximate surface area is 158 Å². The zero-order valence-electron chi connectivity index (χ0n) is 15.2. The number of amides is 1. The van der Waals surface area contributed by atoms with Gasteiger partial charge in [0.15, 0.2) is 0 Å². The normalized spacial score (nSPS) is 28.6. The highest BCUT2D eigenvalue weighted by Gasteiger charge is 2.50. The summed E-state index contributed by atoms with van der Waals surface area (Å²) >= 11 is 0. The minimum absolute atomic E-state index is 0.00531. The number of hydrogen-bond donors (Lipinski definition) is 1. The molecule has 1 unspecified atom stereocenters.